The number of rotatable bonds is 3. The van der Waals surface area contributed by atoms with E-state index in [1.54, 1.807) is 43.3 Å². The number of hydrogen-bond acceptors (Lipinski definition) is 4. The Hall–Kier alpha value is -3.41. The summed E-state index contributed by atoms with van der Waals surface area (Å²) in [5.41, 5.74) is 2.78. The number of ether oxygens (including phenoxy) is 1. The van der Waals surface area contributed by atoms with Crippen LogP contribution in [-0.2, 0) is 14.9 Å². The molecule has 0 saturated heterocycles. The monoisotopic (exact) mass is 403 g/mol. The number of carbonyl (C=O) groups excluding carboxylic acids is 2. The molecular formula is C24H25N3O3. The molecule has 0 atom stereocenters. The molecule has 4 rings (SSSR count). The summed E-state index contributed by atoms with van der Waals surface area (Å²) in [6, 6.07) is 12.9. The molecule has 0 unspecified atom stereocenters. The van der Waals surface area contributed by atoms with Crippen molar-refractivity contribution in [3.8, 4) is 0 Å². The van der Waals surface area contributed by atoms with Gasteiger partial charge in [0.1, 0.15) is 5.65 Å². The van der Waals surface area contributed by atoms with Crippen LogP contribution in [0.25, 0.3) is 16.6 Å². The van der Waals surface area contributed by atoms with Gasteiger partial charge >= 0.3 is 5.97 Å². The van der Waals surface area contributed by atoms with E-state index in [2.05, 4.69) is 23.8 Å². The molecule has 0 bridgehead atoms. The van der Waals surface area contributed by atoms with Gasteiger partial charge < -0.3 is 14.6 Å². The molecule has 0 saturated carbocycles. The Bertz CT molecular complexity index is 1140. The summed E-state index contributed by atoms with van der Waals surface area (Å²) in [5.74, 6) is -0.632. The zero-order valence-electron chi connectivity index (χ0n) is 17.6. The SMILES string of the molecule is CC(C)OC(=O)C1=CN(C(=O)c2ccccc2)CC(C)(C)c2c1[nH]c1ncccc21. The summed E-state index contributed by atoms with van der Waals surface area (Å²) in [5, 5.41) is 0.940. The molecule has 0 aliphatic carbocycles. The molecule has 0 radical (unpaired) electrons. The standard InChI is InChI=1S/C24H25N3O3/c1-15(2)30-23(29)18-13-27(22(28)16-9-6-5-7-10-16)14-24(3,4)19-17-11-8-12-25-21(17)26-20(18)19/h5-13,15H,14H2,1-4H3,(H,25,26). The lowest BCUT2D eigenvalue weighted by atomic mass is 9.82. The van der Waals surface area contributed by atoms with Gasteiger partial charge in [-0.3, -0.25) is 4.79 Å². The first-order valence-electron chi connectivity index (χ1n) is 10.0. The van der Waals surface area contributed by atoms with Crippen molar-refractivity contribution in [2.45, 2.75) is 39.2 Å². The Morgan fingerprint density at radius 3 is 2.57 bits per heavy atom. The quantitative estimate of drug-likeness (QED) is 0.662. The number of hydrogen-bond donors (Lipinski definition) is 1. The van der Waals surface area contributed by atoms with Crippen LogP contribution in [0.3, 0.4) is 0 Å². The van der Waals surface area contributed by atoms with Crippen LogP contribution in [0.2, 0.25) is 0 Å². The molecule has 154 valence electrons. The van der Waals surface area contributed by atoms with Crippen molar-refractivity contribution in [1.82, 2.24) is 14.9 Å². The van der Waals surface area contributed by atoms with Gasteiger partial charge in [-0.25, -0.2) is 9.78 Å². The smallest absolute Gasteiger partial charge is 0.342 e. The molecule has 1 aliphatic heterocycles. The second kappa shape index (κ2) is 7.44. The van der Waals surface area contributed by atoms with Gasteiger partial charge in [0.2, 0.25) is 0 Å². The maximum absolute atomic E-state index is 13.3. The average molecular weight is 403 g/mol. The van der Waals surface area contributed by atoms with Crippen molar-refractivity contribution in [3.05, 3.63) is 71.7 Å². The summed E-state index contributed by atoms with van der Waals surface area (Å²) in [4.78, 5) is 35.7. The molecule has 30 heavy (non-hydrogen) atoms. The number of benzene rings is 1. The maximum Gasteiger partial charge on any atom is 0.342 e. The minimum absolute atomic E-state index is 0.161. The highest BCUT2D eigenvalue weighted by Crippen LogP contribution is 2.40. The number of nitrogens with one attached hydrogen (secondary N) is 1. The number of fused-ring (bicyclic) bond motifs is 3. The molecule has 1 aromatic carbocycles. The molecule has 1 amide bonds. The van der Waals surface area contributed by atoms with Crippen molar-refractivity contribution in [1.29, 1.82) is 0 Å². The summed E-state index contributed by atoms with van der Waals surface area (Å²) in [6.07, 6.45) is 3.05. The Balaban J connectivity index is 1.90. The first-order chi connectivity index (χ1) is 14.3. The third-order valence-corrected chi connectivity index (χ3v) is 5.21. The van der Waals surface area contributed by atoms with Gasteiger partial charge in [-0.2, -0.15) is 0 Å². The summed E-state index contributed by atoms with van der Waals surface area (Å²) >= 11 is 0. The van der Waals surface area contributed by atoms with Gasteiger partial charge in [0.15, 0.2) is 0 Å². The average Bonchev–Trinajstić information content (AvgIpc) is 3.05. The molecule has 6 heteroatoms. The Morgan fingerprint density at radius 2 is 1.87 bits per heavy atom. The molecule has 6 nitrogen and oxygen atoms in total. The third kappa shape index (κ3) is 3.49. The van der Waals surface area contributed by atoms with Gasteiger partial charge in [-0.1, -0.05) is 32.0 Å². The predicted octanol–water partition coefficient (Wildman–Crippen LogP) is 4.29. The highest BCUT2D eigenvalue weighted by atomic mass is 16.5. The first kappa shape index (κ1) is 19.9. The van der Waals surface area contributed by atoms with Gasteiger partial charge in [-0.15, -0.1) is 0 Å². The van der Waals surface area contributed by atoms with E-state index in [4.69, 9.17) is 4.74 Å². The molecule has 0 fully saturated rings. The third-order valence-electron chi connectivity index (χ3n) is 5.21. The van der Waals surface area contributed by atoms with E-state index in [0.29, 0.717) is 29.0 Å². The van der Waals surface area contributed by atoms with E-state index in [-0.39, 0.29) is 12.0 Å². The number of amides is 1. The van der Waals surface area contributed by atoms with Gasteiger partial charge in [0.25, 0.3) is 5.91 Å². The van der Waals surface area contributed by atoms with E-state index >= 15 is 0 Å². The van der Waals surface area contributed by atoms with Crippen molar-refractivity contribution < 1.29 is 14.3 Å². The fourth-order valence-corrected chi connectivity index (χ4v) is 4.01. The zero-order valence-corrected chi connectivity index (χ0v) is 17.6. The lowest BCUT2D eigenvalue weighted by molar-refractivity contribution is -0.140. The molecule has 0 spiro atoms. The molecular weight excluding hydrogens is 378 g/mol. The van der Waals surface area contributed by atoms with Crippen LogP contribution >= 0.6 is 0 Å². The van der Waals surface area contributed by atoms with Crippen LogP contribution in [0.4, 0.5) is 0 Å². The second-order valence-electron chi connectivity index (χ2n) is 8.45. The van der Waals surface area contributed by atoms with Crippen molar-refractivity contribution in [3.63, 3.8) is 0 Å². The minimum Gasteiger partial charge on any atom is -0.459 e. The van der Waals surface area contributed by atoms with Crippen LogP contribution in [0, 0.1) is 0 Å². The van der Waals surface area contributed by atoms with Gasteiger partial charge in [0.05, 0.1) is 17.4 Å². The van der Waals surface area contributed by atoms with Crippen molar-refractivity contribution in [2.75, 3.05) is 6.54 Å². The van der Waals surface area contributed by atoms with Gasteiger partial charge in [0, 0.05) is 35.3 Å². The number of nitrogens with zero attached hydrogens (tertiary/aromatic N) is 2. The number of aromatic nitrogens is 2. The molecule has 1 aliphatic rings. The number of esters is 1. The highest BCUT2D eigenvalue weighted by Gasteiger charge is 2.37. The Kier molecular flexibility index (Phi) is 4.94. The minimum atomic E-state index is -0.471. The van der Waals surface area contributed by atoms with E-state index in [9.17, 15) is 9.59 Å². The summed E-state index contributed by atoms with van der Waals surface area (Å²) < 4.78 is 5.51. The molecule has 3 aromatic rings. The largest absolute Gasteiger partial charge is 0.459 e. The molecule has 3 heterocycles. The summed E-state index contributed by atoms with van der Waals surface area (Å²) in [7, 11) is 0. The topological polar surface area (TPSA) is 75.3 Å². The normalized spacial score (nSPS) is 15.5. The second-order valence-corrected chi connectivity index (χ2v) is 8.45. The first-order valence-corrected chi connectivity index (χ1v) is 10.0. The van der Waals surface area contributed by atoms with Crippen LogP contribution < -0.4 is 0 Å². The van der Waals surface area contributed by atoms with Crippen LogP contribution in [0.15, 0.2) is 54.9 Å². The molecule has 2 aromatic heterocycles. The van der Waals surface area contributed by atoms with Crippen molar-refractivity contribution in [2.24, 2.45) is 0 Å². The highest BCUT2D eigenvalue weighted by molar-refractivity contribution is 6.18. The Labute approximate surface area is 175 Å². The Morgan fingerprint density at radius 1 is 1.13 bits per heavy atom. The number of pyridine rings is 1. The van der Waals surface area contributed by atoms with E-state index in [1.165, 1.54) is 0 Å². The lowest BCUT2D eigenvalue weighted by Crippen LogP contribution is -2.36. The fraction of sp³-hybridized carbons (Fsp3) is 0.292. The predicted molar refractivity (Wildman–Crippen MR) is 116 cm³/mol. The van der Waals surface area contributed by atoms with Crippen LogP contribution in [-0.4, -0.2) is 39.4 Å². The van der Waals surface area contributed by atoms with E-state index < -0.39 is 11.4 Å². The van der Waals surface area contributed by atoms with Crippen LogP contribution in [0.5, 0.6) is 0 Å². The van der Waals surface area contributed by atoms with Gasteiger partial charge in [-0.05, 0) is 43.7 Å². The van der Waals surface area contributed by atoms with Crippen LogP contribution in [0.1, 0.15) is 49.3 Å². The van der Waals surface area contributed by atoms with Crippen molar-refractivity contribution >= 4 is 28.5 Å². The number of carbonyl (C=O) groups is 2. The van der Waals surface area contributed by atoms with E-state index in [0.717, 1.165) is 10.9 Å². The lowest BCUT2D eigenvalue weighted by Gasteiger charge is -2.29. The number of aromatic amines is 1. The summed E-state index contributed by atoms with van der Waals surface area (Å²) in [6.45, 7) is 8.16. The zero-order chi connectivity index (χ0) is 21.5. The molecule has 1 N–H and O–H groups in total. The fourth-order valence-electron chi connectivity index (χ4n) is 4.01. The number of H-pyrrole nitrogens is 1. The maximum atomic E-state index is 13.3. The van der Waals surface area contributed by atoms with E-state index in [1.807, 2.05) is 30.3 Å².